The van der Waals surface area contributed by atoms with E-state index in [2.05, 4.69) is 5.32 Å². The lowest BCUT2D eigenvalue weighted by Gasteiger charge is -2.14. The van der Waals surface area contributed by atoms with Crippen LogP contribution in [0.2, 0.25) is 0 Å². The number of anilines is 1. The van der Waals surface area contributed by atoms with Crippen molar-refractivity contribution in [2.75, 3.05) is 11.9 Å². The van der Waals surface area contributed by atoms with E-state index in [1.54, 1.807) is 6.92 Å². The Morgan fingerprint density at radius 2 is 1.93 bits per heavy atom. The molecule has 160 valence electrons. The number of rotatable bonds is 7. The van der Waals surface area contributed by atoms with Gasteiger partial charge in [0.15, 0.2) is 6.10 Å². The summed E-state index contributed by atoms with van der Waals surface area (Å²) in [7, 11) is 0. The number of carbonyl (C=O) groups excluding carboxylic acids is 3. The Morgan fingerprint density at radius 1 is 1.20 bits per heavy atom. The molecule has 11 heteroatoms. The van der Waals surface area contributed by atoms with Gasteiger partial charge in [-0.3, -0.25) is 14.9 Å². The van der Waals surface area contributed by atoms with Crippen molar-refractivity contribution < 1.29 is 28.8 Å². The molecule has 0 aliphatic heterocycles. The third-order valence-electron chi connectivity index (χ3n) is 4.51. The van der Waals surface area contributed by atoms with Gasteiger partial charge in [-0.15, -0.1) is 11.3 Å². The molecule has 1 aliphatic rings. The van der Waals surface area contributed by atoms with Crippen molar-refractivity contribution in [3.05, 3.63) is 43.1 Å². The Balaban J connectivity index is 1.73. The summed E-state index contributed by atoms with van der Waals surface area (Å²) in [5.74, 6) is -1.91. The number of nitro groups is 1. The smallest absolute Gasteiger partial charge is 0.349 e. The van der Waals surface area contributed by atoms with Gasteiger partial charge in [0.25, 0.3) is 5.91 Å². The van der Waals surface area contributed by atoms with E-state index < -0.39 is 28.9 Å². The van der Waals surface area contributed by atoms with Crippen molar-refractivity contribution in [3.8, 4) is 0 Å². The van der Waals surface area contributed by atoms with Gasteiger partial charge in [0.1, 0.15) is 9.88 Å². The lowest BCUT2D eigenvalue weighted by Crippen LogP contribution is -2.30. The van der Waals surface area contributed by atoms with Crippen LogP contribution in [0.5, 0.6) is 0 Å². The van der Waals surface area contributed by atoms with Gasteiger partial charge in [-0.1, -0.05) is 11.3 Å². The van der Waals surface area contributed by atoms with Gasteiger partial charge in [-0.25, -0.2) is 9.59 Å². The molecule has 0 aromatic carbocycles. The molecule has 2 heterocycles. The lowest BCUT2D eigenvalue weighted by atomic mass is 9.95. The average Bonchev–Trinajstić information content (AvgIpc) is 3.33. The molecule has 1 atom stereocenters. The second-order valence-corrected chi connectivity index (χ2v) is 8.73. The van der Waals surface area contributed by atoms with E-state index in [4.69, 9.17) is 9.47 Å². The zero-order valence-electron chi connectivity index (χ0n) is 16.4. The fourth-order valence-electron chi connectivity index (χ4n) is 3.09. The number of aryl methyl sites for hydroxylation is 1. The number of hydrogen-bond acceptors (Lipinski definition) is 9. The predicted octanol–water partition coefficient (Wildman–Crippen LogP) is 3.96. The van der Waals surface area contributed by atoms with Crippen LogP contribution < -0.4 is 5.32 Å². The number of nitrogens with one attached hydrogen (secondary N) is 1. The number of fused-ring (bicyclic) bond motifs is 1. The molecule has 2 aromatic heterocycles. The number of amides is 1. The van der Waals surface area contributed by atoms with Crippen LogP contribution in [0.15, 0.2) is 12.1 Å². The number of thiophene rings is 2. The first kappa shape index (κ1) is 21.9. The molecule has 1 amide bonds. The second kappa shape index (κ2) is 9.35. The molecule has 30 heavy (non-hydrogen) atoms. The Labute approximate surface area is 180 Å². The normalized spacial score (nSPS) is 13.8. The molecular formula is C19H20N2O7S2. The van der Waals surface area contributed by atoms with Crippen molar-refractivity contribution in [3.63, 3.8) is 0 Å². The van der Waals surface area contributed by atoms with Crippen molar-refractivity contribution in [2.24, 2.45) is 0 Å². The lowest BCUT2D eigenvalue weighted by molar-refractivity contribution is -0.380. The first-order valence-electron chi connectivity index (χ1n) is 9.39. The zero-order chi connectivity index (χ0) is 21.8. The highest BCUT2D eigenvalue weighted by Gasteiger charge is 2.29. The maximum Gasteiger partial charge on any atom is 0.349 e. The number of nitrogens with zero attached hydrogens (tertiary/aromatic N) is 1. The first-order valence-corrected chi connectivity index (χ1v) is 11.0. The monoisotopic (exact) mass is 452 g/mol. The van der Waals surface area contributed by atoms with Crippen LogP contribution in [-0.4, -0.2) is 35.5 Å². The Bertz CT molecular complexity index is 995. The topological polar surface area (TPSA) is 125 Å². The minimum atomic E-state index is -1.16. The van der Waals surface area contributed by atoms with Crippen molar-refractivity contribution in [2.45, 2.75) is 45.6 Å². The van der Waals surface area contributed by atoms with E-state index in [-0.39, 0.29) is 16.5 Å². The molecule has 3 rings (SSSR count). The van der Waals surface area contributed by atoms with E-state index in [1.165, 1.54) is 30.4 Å². The first-order chi connectivity index (χ1) is 14.3. The summed E-state index contributed by atoms with van der Waals surface area (Å²) in [6.45, 7) is 3.33. The highest BCUT2D eigenvalue weighted by Crippen LogP contribution is 2.38. The third-order valence-corrected chi connectivity index (χ3v) is 6.74. The van der Waals surface area contributed by atoms with Gasteiger partial charge in [0.05, 0.1) is 17.1 Å². The quantitative estimate of drug-likeness (QED) is 0.383. The number of esters is 2. The van der Waals surface area contributed by atoms with Crippen LogP contribution in [0.3, 0.4) is 0 Å². The van der Waals surface area contributed by atoms with Crippen LogP contribution in [0.25, 0.3) is 0 Å². The molecule has 0 saturated carbocycles. The average molecular weight is 453 g/mol. The fraction of sp³-hybridized carbons (Fsp3) is 0.421. The molecule has 9 nitrogen and oxygen atoms in total. The van der Waals surface area contributed by atoms with E-state index in [9.17, 15) is 24.5 Å². The molecule has 0 bridgehead atoms. The summed E-state index contributed by atoms with van der Waals surface area (Å²) in [5, 5.41) is 13.6. The summed E-state index contributed by atoms with van der Waals surface area (Å²) < 4.78 is 10.3. The van der Waals surface area contributed by atoms with Gasteiger partial charge >= 0.3 is 16.9 Å². The van der Waals surface area contributed by atoms with Crippen molar-refractivity contribution in [1.82, 2.24) is 0 Å². The molecule has 2 aromatic rings. The molecule has 0 saturated heterocycles. The summed E-state index contributed by atoms with van der Waals surface area (Å²) in [4.78, 5) is 48.5. The van der Waals surface area contributed by atoms with Gasteiger partial charge in [0.2, 0.25) is 0 Å². The SMILES string of the molecule is CCOC(=O)c1c(NC(=O)[C@@H](C)OC(=O)c2ccc([N+](=O)[O-])s2)sc2c1CCCC2. The predicted molar refractivity (Wildman–Crippen MR) is 111 cm³/mol. The largest absolute Gasteiger partial charge is 0.462 e. The maximum atomic E-state index is 12.6. The molecule has 0 radical (unpaired) electrons. The minimum Gasteiger partial charge on any atom is -0.462 e. The summed E-state index contributed by atoms with van der Waals surface area (Å²) in [6, 6.07) is 2.48. The third kappa shape index (κ3) is 4.68. The number of carbonyl (C=O) groups is 3. The van der Waals surface area contributed by atoms with Gasteiger partial charge < -0.3 is 14.8 Å². The Hall–Kier alpha value is -2.79. The maximum absolute atomic E-state index is 12.6. The minimum absolute atomic E-state index is 0.0279. The van der Waals surface area contributed by atoms with Crippen LogP contribution in [0.4, 0.5) is 10.0 Å². The summed E-state index contributed by atoms with van der Waals surface area (Å²) in [5.41, 5.74) is 1.29. The second-order valence-electron chi connectivity index (χ2n) is 6.57. The van der Waals surface area contributed by atoms with E-state index in [1.807, 2.05) is 0 Å². The molecule has 0 fully saturated rings. The van der Waals surface area contributed by atoms with Crippen LogP contribution >= 0.6 is 22.7 Å². The summed E-state index contributed by atoms with van der Waals surface area (Å²) >= 11 is 2.01. The van der Waals surface area contributed by atoms with E-state index in [0.29, 0.717) is 21.9 Å². The van der Waals surface area contributed by atoms with Crippen LogP contribution in [-0.2, 0) is 27.1 Å². The highest BCUT2D eigenvalue weighted by molar-refractivity contribution is 7.17. The Morgan fingerprint density at radius 3 is 2.60 bits per heavy atom. The van der Waals surface area contributed by atoms with Crippen LogP contribution in [0.1, 0.15) is 57.2 Å². The van der Waals surface area contributed by atoms with Gasteiger partial charge in [0, 0.05) is 10.9 Å². The number of ether oxygens (including phenoxy) is 2. The molecular weight excluding hydrogens is 432 g/mol. The van der Waals surface area contributed by atoms with E-state index >= 15 is 0 Å². The Kier molecular flexibility index (Phi) is 6.83. The standard InChI is InChI=1S/C19H20N2O7S2/c1-3-27-19(24)15-11-6-4-5-7-12(11)30-17(15)20-16(22)10(2)28-18(23)13-8-9-14(29-13)21(25)26/h8-10H,3-7H2,1-2H3,(H,20,22)/t10-/m1/s1. The molecule has 0 spiro atoms. The molecule has 1 aliphatic carbocycles. The highest BCUT2D eigenvalue weighted by atomic mass is 32.1. The van der Waals surface area contributed by atoms with Gasteiger partial charge in [-0.05, 0) is 51.2 Å². The van der Waals surface area contributed by atoms with Crippen molar-refractivity contribution in [1.29, 1.82) is 0 Å². The number of hydrogen-bond donors (Lipinski definition) is 1. The molecule has 0 unspecified atom stereocenters. The fourth-order valence-corrected chi connectivity index (χ4v) is 5.08. The van der Waals surface area contributed by atoms with E-state index in [0.717, 1.165) is 36.1 Å². The van der Waals surface area contributed by atoms with Crippen LogP contribution in [0, 0.1) is 10.1 Å². The van der Waals surface area contributed by atoms with Crippen molar-refractivity contribution >= 4 is 50.5 Å². The van der Waals surface area contributed by atoms with Gasteiger partial charge in [-0.2, -0.15) is 0 Å². The zero-order valence-corrected chi connectivity index (χ0v) is 18.0. The molecule has 1 N–H and O–H groups in total. The summed E-state index contributed by atoms with van der Waals surface area (Å²) in [6.07, 6.45) is 2.41.